The van der Waals surface area contributed by atoms with E-state index in [0.29, 0.717) is 24.2 Å². The number of carbonyl (C=O) groups is 2. The summed E-state index contributed by atoms with van der Waals surface area (Å²) in [6.07, 6.45) is 10.4. The van der Waals surface area contributed by atoms with Crippen molar-refractivity contribution >= 4 is 23.5 Å². The molecule has 0 aromatic heterocycles. The molecule has 0 amide bonds. The van der Waals surface area contributed by atoms with E-state index in [1.807, 2.05) is 0 Å². The van der Waals surface area contributed by atoms with Crippen molar-refractivity contribution in [2.75, 3.05) is 6.61 Å². The van der Waals surface area contributed by atoms with Crippen molar-refractivity contribution in [3.05, 3.63) is 23.8 Å². The second kappa shape index (κ2) is 5.82. The van der Waals surface area contributed by atoms with E-state index in [1.54, 1.807) is 12.2 Å². The summed E-state index contributed by atoms with van der Waals surface area (Å²) < 4.78 is 0. The molecule has 7 atom stereocenters. The summed E-state index contributed by atoms with van der Waals surface area (Å²) in [7, 11) is 0. The molecule has 1 N–H and O–H groups in total. The van der Waals surface area contributed by atoms with Crippen LogP contribution in [0.4, 0.5) is 0 Å². The fourth-order valence-corrected chi connectivity index (χ4v) is 7.17. The number of ketones is 1. The zero-order valence-corrected chi connectivity index (χ0v) is 16.0. The van der Waals surface area contributed by atoms with Gasteiger partial charge >= 0.3 is 0 Å². The van der Waals surface area contributed by atoms with E-state index >= 15 is 0 Å². The molecule has 4 rings (SSSR count). The van der Waals surface area contributed by atoms with Gasteiger partial charge in [0.1, 0.15) is 0 Å². The summed E-state index contributed by atoms with van der Waals surface area (Å²) in [5.74, 6) is 1.50. The van der Waals surface area contributed by atoms with Gasteiger partial charge in [-0.25, -0.2) is 0 Å². The average molecular weight is 361 g/mol. The van der Waals surface area contributed by atoms with E-state index in [4.69, 9.17) is 0 Å². The second-order valence-electron chi connectivity index (χ2n) is 9.23. The first-order chi connectivity index (χ1) is 11.8. The summed E-state index contributed by atoms with van der Waals surface area (Å²) in [5, 5.41) is 10.2. The lowest BCUT2D eigenvalue weighted by atomic mass is 9.46. The molecule has 136 valence electrons. The molecule has 0 saturated heterocycles. The minimum atomic E-state index is -0.133. The molecule has 0 aromatic carbocycles. The molecular formula is C21H28O3S. The first-order valence-electron chi connectivity index (χ1n) is 9.58. The number of aliphatic hydroxyl groups excluding tert-OH is 1. The van der Waals surface area contributed by atoms with Crippen LogP contribution in [0, 0.1) is 40.4 Å². The molecule has 0 aromatic rings. The third-order valence-corrected chi connectivity index (χ3v) is 8.32. The molecule has 0 unspecified atom stereocenters. The van der Waals surface area contributed by atoms with Gasteiger partial charge in [-0.15, -0.1) is 12.6 Å². The summed E-state index contributed by atoms with van der Waals surface area (Å²) in [6, 6.07) is 0. The van der Waals surface area contributed by atoms with E-state index in [1.165, 1.54) is 0 Å². The number of hydrogen-bond donors (Lipinski definition) is 2. The van der Waals surface area contributed by atoms with E-state index in [2.05, 4.69) is 32.6 Å². The second-order valence-corrected chi connectivity index (χ2v) is 9.67. The maximum atomic E-state index is 12.4. The molecule has 4 heteroatoms. The van der Waals surface area contributed by atoms with Crippen LogP contribution in [0.25, 0.3) is 0 Å². The van der Waals surface area contributed by atoms with Crippen molar-refractivity contribution in [3.63, 3.8) is 0 Å². The molecule has 25 heavy (non-hydrogen) atoms. The predicted octanol–water partition coefficient (Wildman–Crippen LogP) is 3.59. The molecule has 3 nitrogen and oxygen atoms in total. The van der Waals surface area contributed by atoms with Gasteiger partial charge in [0.05, 0.1) is 0 Å². The molecule has 3 fully saturated rings. The molecule has 0 heterocycles. The zero-order valence-electron chi connectivity index (χ0n) is 15.1. The van der Waals surface area contributed by atoms with E-state index in [0.717, 1.165) is 31.3 Å². The van der Waals surface area contributed by atoms with Crippen molar-refractivity contribution in [2.24, 2.45) is 40.4 Å². The number of allylic oxidation sites excluding steroid dienone is 4. The quantitative estimate of drug-likeness (QED) is 0.740. The van der Waals surface area contributed by atoms with Crippen molar-refractivity contribution in [3.8, 4) is 0 Å². The minimum absolute atomic E-state index is 0.0200. The van der Waals surface area contributed by atoms with Gasteiger partial charge in [-0.05, 0) is 73.3 Å². The van der Waals surface area contributed by atoms with Gasteiger partial charge in [-0.1, -0.05) is 25.5 Å². The van der Waals surface area contributed by atoms with Gasteiger partial charge in [-0.2, -0.15) is 0 Å². The Balaban J connectivity index is 1.80. The van der Waals surface area contributed by atoms with Gasteiger partial charge in [0.15, 0.2) is 10.9 Å². The van der Waals surface area contributed by atoms with Crippen LogP contribution in [0.15, 0.2) is 23.8 Å². The molecule has 0 bridgehead atoms. The fraction of sp³-hybridized carbons (Fsp3) is 0.714. The lowest BCUT2D eigenvalue weighted by molar-refractivity contribution is -0.127. The first-order valence-corrected chi connectivity index (χ1v) is 10.0. The lowest BCUT2D eigenvalue weighted by Gasteiger charge is -2.58. The van der Waals surface area contributed by atoms with Gasteiger partial charge in [-0.3, -0.25) is 9.59 Å². The van der Waals surface area contributed by atoms with Crippen LogP contribution in [0.5, 0.6) is 0 Å². The summed E-state index contributed by atoms with van der Waals surface area (Å²) >= 11 is 4.24. The summed E-state index contributed by atoms with van der Waals surface area (Å²) in [6.45, 7) is 4.74. The number of carbonyl (C=O) groups excluding carboxylic acids is 2. The van der Waals surface area contributed by atoms with Crippen molar-refractivity contribution in [2.45, 2.75) is 46.0 Å². The SMILES string of the molecule is C[C@@H]1C[C@H]2[C@@H]3[C@@H](C(=O)S)CC4=CC(=O)C=C[C@]4(C)[C@H]3CC[C@@]2(CO)C1. The number of fused-ring (bicyclic) bond motifs is 5. The van der Waals surface area contributed by atoms with Crippen LogP contribution in [-0.4, -0.2) is 22.6 Å². The van der Waals surface area contributed by atoms with Gasteiger partial charge < -0.3 is 5.11 Å². The monoisotopic (exact) mass is 360 g/mol. The topological polar surface area (TPSA) is 54.4 Å². The van der Waals surface area contributed by atoms with Gasteiger partial charge in [0.25, 0.3) is 0 Å². The van der Waals surface area contributed by atoms with Crippen LogP contribution in [-0.2, 0) is 9.59 Å². The Hall–Kier alpha value is -0.870. The number of rotatable bonds is 2. The number of hydrogen-bond acceptors (Lipinski definition) is 3. The van der Waals surface area contributed by atoms with Crippen molar-refractivity contribution in [1.29, 1.82) is 0 Å². The smallest absolute Gasteiger partial charge is 0.189 e. The van der Waals surface area contributed by atoms with E-state index in [9.17, 15) is 14.7 Å². The van der Waals surface area contributed by atoms with Gasteiger partial charge in [0.2, 0.25) is 0 Å². The maximum absolute atomic E-state index is 12.4. The van der Waals surface area contributed by atoms with E-state index < -0.39 is 0 Å². The Morgan fingerprint density at radius 2 is 2.16 bits per heavy atom. The molecular weight excluding hydrogens is 332 g/mol. The molecule has 0 aliphatic heterocycles. The molecule has 4 aliphatic carbocycles. The Morgan fingerprint density at radius 1 is 1.40 bits per heavy atom. The molecule has 3 saturated carbocycles. The average Bonchev–Trinajstić information content (AvgIpc) is 2.91. The normalized spacial score (nSPS) is 48.4. The largest absolute Gasteiger partial charge is 0.396 e. The third-order valence-electron chi connectivity index (χ3n) is 7.99. The highest BCUT2D eigenvalue weighted by Gasteiger charge is 2.61. The number of thiol groups is 1. The van der Waals surface area contributed by atoms with E-state index in [-0.39, 0.29) is 40.2 Å². The Kier molecular flexibility index (Phi) is 4.08. The first kappa shape index (κ1) is 17.5. The van der Waals surface area contributed by atoms with Crippen LogP contribution in [0.3, 0.4) is 0 Å². The lowest BCUT2D eigenvalue weighted by Crippen LogP contribution is -2.54. The van der Waals surface area contributed by atoms with Crippen LogP contribution < -0.4 is 0 Å². The van der Waals surface area contributed by atoms with Gasteiger partial charge in [0, 0.05) is 17.9 Å². The van der Waals surface area contributed by atoms with Crippen molar-refractivity contribution in [1.82, 2.24) is 0 Å². The molecule has 4 aliphatic rings. The van der Waals surface area contributed by atoms with Crippen LogP contribution >= 0.6 is 12.6 Å². The summed E-state index contributed by atoms with van der Waals surface area (Å²) in [5.41, 5.74) is 0.954. The molecule has 0 radical (unpaired) electrons. The fourth-order valence-electron chi connectivity index (χ4n) is 6.91. The zero-order chi connectivity index (χ0) is 18.0. The predicted molar refractivity (Wildman–Crippen MR) is 100 cm³/mol. The van der Waals surface area contributed by atoms with Crippen LogP contribution in [0.2, 0.25) is 0 Å². The third kappa shape index (κ3) is 2.43. The highest BCUT2D eigenvalue weighted by Crippen LogP contribution is 2.66. The minimum Gasteiger partial charge on any atom is -0.396 e. The number of aliphatic hydroxyl groups is 1. The van der Waals surface area contributed by atoms with Crippen molar-refractivity contribution < 1.29 is 14.7 Å². The highest BCUT2D eigenvalue weighted by atomic mass is 32.1. The maximum Gasteiger partial charge on any atom is 0.189 e. The Labute approximate surface area is 155 Å². The highest BCUT2D eigenvalue weighted by molar-refractivity contribution is 7.96. The summed E-state index contributed by atoms with van der Waals surface area (Å²) in [4.78, 5) is 24.4. The molecule has 0 spiro atoms. The Bertz CT molecular complexity index is 681. The Morgan fingerprint density at radius 3 is 2.84 bits per heavy atom. The standard InChI is InChI=1S/C21H28O3S/c1-12-7-17-18-15(19(24)25)9-13-8-14(23)3-5-20(13,2)16(18)4-6-21(17,10-12)11-22/h3,5,8,12,15-18,22H,4,6-7,9-11H2,1-2H3,(H,24,25)/t12-,15+,16+,17+,18-,20+,21+/m1/s1. The van der Waals surface area contributed by atoms with Crippen LogP contribution in [0.1, 0.15) is 46.0 Å².